The van der Waals surface area contributed by atoms with E-state index in [2.05, 4.69) is 18.5 Å². The Kier molecular flexibility index (Phi) is 4.41. The van der Waals surface area contributed by atoms with E-state index in [1.165, 1.54) is 0 Å². The molecule has 1 fully saturated rings. The Hall–Kier alpha value is -0.550. The molecule has 80 valence electrons. The fourth-order valence-corrected chi connectivity index (χ4v) is 1.68. The van der Waals surface area contributed by atoms with Crippen LogP contribution < -0.4 is 5.32 Å². The molecule has 1 aliphatic heterocycles. The smallest absolute Gasteiger partial charge is 0.240 e. The first-order chi connectivity index (χ1) is 6.61. The number of imide groups is 1. The van der Waals surface area contributed by atoms with E-state index in [0.29, 0.717) is 18.3 Å². The van der Waals surface area contributed by atoms with Gasteiger partial charge in [0.2, 0.25) is 11.8 Å². The number of nitrogens with zero attached hydrogens (tertiary/aromatic N) is 1. The molecule has 0 saturated carbocycles. The highest BCUT2D eigenvalue weighted by atomic mass is 32.2. The van der Waals surface area contributed by atoms with E-state index in [0.717, 1.165) is 13.0 Å². The summed E-state index contributed by atoms with van der Waals surface area (Å²) in [5, 5.41) is 2.86. The second-order valence-electron chi connectivity index (χ2n) is 3.52. The molecule has 1 atom stereocenters. The van der Waals surface area contributed by atoms with Gasteiger partial charge in [0.15, 0.2) is 0 Å². The van der Waals surface area contributed by atoms with E-state index in [4.69, 9.17) is 0 Å². The number of hydrogen-bond acceptors (Lipinski definition) is 4. The SMILES string of the molecule is CSC(C)CCN1CC(=O)NC(=O)C1. The molecule has 1 N–H and O–H groups in total. The van der Waals surface area contributed by atoms with Crippen molar-refractivity contribution in [3.8, 4) is 0 Å². The van der Waals surface area contributed by atoms with Crippen LogP contribution in [0.5, 0.6) is 0 Å². The van der Waals surface area contributed by atoms with Crippen LogP contribution in [0.4, 0.5) is 0 Å². The highest BCUT2D eigenvalue weighted by Gasteiger charge is 2.21. The lowest BCUT2D eigenvalue weighted by molar-refractivity contribution is -0.136. The third-order valence-electron chi connectivity index (χ3n) is 2.27. The fraction of sp³-hybridized carbons (Fsp3) is 0.778. The van der Waals surface area contributed by atoms with Crippen molar-refractivity contribution in [2.45, 2.75) is 18.6 Å². The second kappa shape index (κ2) is 5.36. The number of hydrogen-bond donors (Lipinski definition) is 1. The molecule has 1 saturated heterocycles. The summed E-state index contributed by atoms with van der Waals surface area (Å²) >= 11 is 1.80. The Balaban J connectivity index is 2.30. The van der Waals surface area contributed by atoms with Crippen LogP contribution in [0.2, 0.25) is 0 Å². The zero-order valence-corrected chi connectivity index (χ0v) is 9.39. The molecular formula is C9H16N2O2S. The number of rotatable bonds is 4. The topological polar surface area (TPSA) is 49.4 Å². The summed E-state index contributed by atoms with van der Waals surface area (Å²) in [5.74, 6) is -0.365. The standard InChI is InChI=1S/C9H16N2O2S/c1-7(14-2)3-4-11-5-8(12)10-9(13)6-11/h7H,3-6H2,1-2H3,(H,10,12,13). The van der Waals surface area contributed by atoms with Crippen molar-refractivity contribution in [3.63, 3.8) is 0 Å². The van der Waals surface area contributed by atoms with Crippen LogP contribution >= 0.6 is 11.8 Å². The molecule has 0 spiro atoms. The highest BCUT2D eigenvalue weighted by molar-refractivity contribution is 7.99. The molecule has 2 amide bonds. The minimum Gasteiger partial charge on any atom is -0.294 e. The Morgan fingerprint density at radius 2 is 2.00 bits per heavy atom. The Labute approximate surface area is 88.4 Å². The molecule has 14 heavy (non-hydrogen) atoms. The van der Waals surface area contributed by atoms with Crippen LogP contribution in [-0.4, -0.2) is 47.9 Å². The maximum absolute atomic E-state index is 11.0. The molecule has 0 aromatic heterocycles. The molecule has 1 rings (SSSR count). The molecule has 0 aromatic carbocycles. The van der Waals surface area contributed by atoms with Gasteiger partial charge in [-0.15, -0.1) is 0 Å². The van der Waals surface area contributed by atoms with Crippen molar-refractivity contribution in [3.05, 3.63) is 0 Å². The highest BCUT2D eigenvalue weighted by Crippen LogP contribution is 2.10. The normalized spacial score (nSPS) is 20.7. The maximum Gasteiger partial charge on any atom is 0.240 e. The van der Waals surface area contributed by atoms with E-state index in [-0.39, 0.29) is 11.8 Å². The lowest BCUT2D eigenvalue weighted by Crippen LogP contribution is -2.51. The van der Waals surface area contributed by atoms with Crippen molar-refractivity contribution in [2.75, 3.05) is 25.9 Å². The Morgan fingerprint density at radius 1 is 1.43 bits per heavy atom. The molecule has 1 heterocycles. The molecule has 1 unspecified atom stereocenters. The van der Waals surface area contributed by atoms with Crippen molar-refractivity contribution < 1.29 is 9.59 Å². The summed E-state index contributed by atoms with van der Waals surface area (Å²) in [6.07, 6.45) is 3.08. The molecule has 5 heteroatoms. The van der Waals surface area contributed by atoms with Gasteiger partial charge in [0.25, 0.3) is 0 Å². The van der Waals surface area contributed by atoms with Crippen LogP contribution in [0.15, 0.2) is 0 Å². The fourth-order valence-electron chi connectivity index (χ4n) is 1.34. The van der Waals surface area contributed by atoms with E-state index >= 15 is 0 Å². The Morgan fingerprint density at radius 3 is 2.50 bits per heavy atom. The first-order valence-corrected chi connectivity index (χ1v) is 5.98. The van der Waals surface area contributed by atoms with E-state index in [9.17, 15) is 9.59 Å². The Bertz CT molecular complexity index is 217. The second-order valence-corrected chi connectivity index (χ2v) is 4.79. The van der Waals surface area contributed by atoms with Gasteiger partial charge in [-0.3, -0.25) is 19.8 Å². The van der Waals surface area contributed by atoms with Gasteiger partial charge in [-0.25, -0.2) is 0 Å². The summed E-state index contributed by atoms with van der Waals surface area (Å²) in [4.78, 5) is 23.9. The zero-order chi connectivity index (χ0) is 10.6. The summed E-state index contributed by atoms with van der Waals surface area (Å²) in [5.41, 5.74) is 0. The third-order valence-corrected chi connectivity index (χ3v) is 3.31. The van der Waals surface area contributed by atoms with Crippen LogP contribution in [-0.2, 0) is 9.59 Å². The van der Waals surface area contributed by atoms with Crippen molar-refractivity contribution >= 4 is 23.6 Å². The lowest BCUT2D eigenvalue weighted by Gasteiger charge is -2.25. The van der Waals surface area contributed by atoms with Gasteiger partial charge >= 0.3 is 0 Å². The quantitative estimate of drug-likeness (QED) is 0.677. The average molecular weight is 216 g/mol. The summed E-state index contributed by atoms with van der Waals surface area (Å²) < 4.78 is 0. The molecule has 0 aliphatic carbocycles. The number of carbonyl (C=O) groups is 2. The number of thioether (sulfide) groups is 1. The number of piperazine rings is 1. The first-order valence-electron chi connectivity index (χ1n) is 4.69. The lowest BCUT2D eigenvalue weighted by atomic mass is 10.2. The minimum absolute atomic E-state index is 0.182. The predicted octanol–water partition coefficient (Wildman–Crippen LogP) is 0.0864. The average Bonchev–Trinajstić information content (AvgIpc) is 2.12. The van der Waals surface area contributed by atoms with Crippen LogP contribution in [0, 0.1) is 0 Å². The zero-order valence-electron chi connectivity index (χ0n) is 8.58. The summed E-state index contributed by atoms with van der Waals surface area (Å²) in [7, 11) is 0. The van der Waals surface area contributed by atoms with E-state index in [1.807, 2.05) is 4.90 Å². The number of carbonyl (C=O) groups excluding carboxylic acids is 2. The minimum atomic E-state index is -0.182. The first kappa shape index (κ1) is 11.5. The van der Waals surface area contributed by atoms with Crippen molar-refractivity contribution in [2.24, 2.45) is 0 Å². The van der Waals surface area contributed by atoms with Crippen molar-refractivity contribution in [1.82, 2.24) is 10.2 Å². The summed E-state index contributed by atoms with van der Waals surface area (Å²) in [6, 6.07) is 0. The van der Waals surface area contributed by atoms with Gasteiger partial charge in [0, 0.05) is 11.8 Å². The van der Waals surface area contributed by atoms with Gasteiger partial charge in [0.05, 0.1) is 13.1 Å². The molecule has 0 radical (unpaired) electrons. The van der Waals surface area contributed by atoms with Crippen LogP contribution in [0.3, 0.4) is 0 Å². The monoisotopic (exact) mass is 216 g/mol. The van der Waals surface area contributed by atoms with Gasteiger partial charge in [-0.1, -0.05) is 6.92 Å². The van der Waals surface area contributed by atoms with Gasteiger partial charge in [-0.05, 0) is 12.7 Å². The molecule has 0 aromatic rings. The molecule has 0 bridgehead atoms. The number of amides is 2. The summed E-state index contributed by atoms with van der Waals surface area (Å²) in [6.45, 7) is 3.68. The molecular weight excluding hydrogens is 200 g/mol. The van der Waals surface area contributed by atoms with Gasteiger partial charge in [-0.2, -0.15) is 11.8 Å². The van der Waals surface area contributed by atoms with Crippen LogP contribution in [0.25, 0.3) is 0 Å². The van der Waals surface area contributed by atoms with Crippen molar-refractivity contribution in [1.29, 1.82) is 0 Å². The third kappa shape index (κ3) is 3.67. The predicted molar refractivity (Wildman–Crippen MR) is 57.2 cm³/mol. The van der Waals surface area contributed by atoms with E-state index < -0.39 is 0 Å². The molecule has 1 aliphatic rings. The number of nitrogens with one attached hydrogen (secondary N) is 1. The molecule has 4 nitrogen and oxygen atoms in total. The van der Waals surface area contributed by atoms with Crippen LogP contribution in [0.1, 0.15) is 13.3 Å². The van der Waals surface area contributed by atoms with E-state index in [1.54, 1.807) is 11.8 Å². The maximum atomic E-state index is 11.0. The van der Waals surface area contributed by atoms with Gasteiger partial charge in [0.1, 0.15) is 0 Å². The largest absolute Gasteiger partial charge is 0.294 e. The van der Waals surface area contributed by atoms with Gasteiger partial charge < -0.3 is 0 Å².